The van der Waals surface area contributed by atoms with Gasteiger partial charge in [-0.1, -0.05) is 20.3 Å². The molecule has 0 bridgehead atoms. The number of hydrogen-bond donors (Lipinski definition) is 2. The first kappa shape index (κ1) is 14.1. The lowest BCUT2D eigenvalue weighted by molar-refractivity contribution is -0.119. The highest BCUT2D eigenvalue weighted by atomic mass is 32.1. The second-order valence-electron chi connectivity index (χ2n) is 5.10. The number of nitrogens with two attached hydrogens (primary N) is 1. The van der Waals surface area contributed by atoms with Crippen LogP contribution in [0.2, 0.25) is 0 Å². The van der Waals surface area contributed by atoms with Crippen molar-refractivity contribution in [1.29, 1.82) is 0 Å². The van der Waals surface area contributed by atoms with E-state index in [-0.39, 0.29) is 11.8 Å². The van der Waals surface area contributed by atoms with Crippen molar-refractivity contribution in [3.8, 4) is 0 Å². The number of hydrogen-bond acceptors (Lipinski definition) is 3. The number of rotatable bonds is 5. The van der Waals surface area contributed by atoms with Gasteiger partial charge in [0, 0.05) is 10.8 Å². The van der Waals surface area contributed by atoms with Gasteiger partial charge in [-0.3, -0.25) is 9.59 Å². The van der Waals surface area contributed by atoms with Crippen molar-refractivity contribution in [3.05, 3.63) is 16.0 Å². The first-order valence-corrected chi connectivity index (χ1v) is 7.61. The Morgan fingerprint density at radius 1 is 1.42 bits per heavy atom. The van der Waals surface area contributed by atoms with Gasteiger partial charge in [0.25, 0.3) is 5.91 Å². The number of thiophene rings is 1. The molecule has 1 atom stereocenters. The predicted octanol–water partition coefficient (Wildman–Crippen LogP) is 2.71. The number of fused-ring (bicyclic) bond motifs is 1. The molecule has 0 radical (unpaired) electrons. The maximum absolute atomic E-state index is 12.0. The summed E-state index contributed by atoms with van der Waals surface area (Å²) in [5.74, 6) is -0.496. The van der Waals surface area contributed by atoms with Gasteiger partial charge in [0.15, 0.2) is 0 Å². The molecule has 1 aliphatic carbocycles. The Morgan fingerprint density at radius 3 is 2.79 bits per heavy atom. The fourth-order valence-corrected chi connectivity index (χ4v) is 3.85. The first-order chi connectivity index (χ1) is 9.04. The van der Waals surface area contributed by atoms with Crippen LogP contribution in [0.4, 0.5) is 5.00 Å². The summed E-state index contributed by atoms with van der Waals surface area (Å²) in [7, 11) is 0. The van der Waals surface area contributed by atoms with Gasteiger partial charge in [0.05, 0.1) is 5.56 Å². The number of amides is 2. The zero-order valence-electron chi connectivity index (χ0n) is 11.4. The monoisotopic (exact) mass is 280 g/mol. The van der Waals surface area contributed by atoms with Crippen LogP contribution in [-0.4, -0.2) is 11.8 Å². The second kappa shape index (κ2) is 5.74. The van der Waals surface area contributed by atoms with Gasteiger partial charge in [-0.05, 0) is 31.2 Å². The van der Waals surface area contributed by atoms with E-state index in [4.69, 9.17) is 5.73 Å². The summed E-state index contributed by atoms with van der Waals surface area (Å²) in [4.78, 5) is 24.8. The summed E-state index contributed by atoms with van der Waals surface area (Å²) in [6.07, 6.45) is 4.77. The van der Waals surface area contributed by atoms with E-state index in [1.807, 2.05) is 6.92 Å². The van der Waals surface area contributed by atoms with Gasteiger partial charge in [0.1, 0.15) is 5.00 Å². The smallest absolute Gasteiger partial charge is 0.251 e. The molecule has 3 N–H and O–H groups in total. The third-order valence-corrected chi connectivity index (χ3v) is 4.78. The lowest BCUT2D eigenvalue weighted by Crippen LogP contribution is -2.22. The van der Waals surface area contributed by atoms with Crippen LogP contribution < -0.4 is 11.1 Å². The van der Waals surface area contributed by atoms with Gasteiger partial charge in [-0.2, -0.15) is 0 Å². The Hall–Kier alpha value is -1.36. The van der Waals surface area contributed by atoms with Crippen LogP contribution >= 0.6 is 11.3 Å². The molecule has 1 heterocycles. The summed E-state index contributed by atoms with van der Waals surface area (Å²) < 4.78 is 0. The van der Waals surface area contributed by atoms with E-state index < -0.39 is 5.91 Å². The first-order valence-electron chi connectivity index (χ1n) is 6.79. The fourth-order valence-electron chi connectivity index (χ4n) is 2.55. The van der Waals surface area contributed by atoms with Crippen LogP contribution in [0.25, 0.3) is 0 Å². The minimum Gasteiger partial charge on any atom is -0.365 e. The van der Waals surface area contributed by atoms with Crippen LogP contribution in [0, 0.1) is 5.92 Å². The molecule has 1 aromatic rings. The molecular formula is C14H20N2O2S. The van der Waals surface area contributed by atoms with Crippen LogP contribution in [-0.2, 0) is 17.6 Å². The van der Waals surface area contributed by atoms with Crippen molar-refractivity contribution >= 4 is 28.2 Å². The van der Waals surface area contributed by atoms with E-state index in [9.17, 15) is 9.59 Å². The molecule has 1 unspecified atom stereocenters. The quantitative estimate of drug-likeness (QED) is 0.870. The third kappa shape index (κ3) is 2.81. The number of aryl methyl sites for hydroxylation is 1. The topological polar surface area (TPSA) is 72.2 Å². The largest absolute Gasteiger partial charge is 0.365 e. The van der Waals surface area contributed by atoms with Gasteiger partial charge in [-0.15, -0.1) is 11.3 Å². The van der Waals surface area contributed by atoms with Crippen LogP contribution in [0.1, 0.15) is 53.9 Å². The molecule has 1 aliphatic rings. The van der Waals surface area contributed by atoms with Crippen LogP contribution in [0.15, 0.2) is 0 Å². The zero-order valence-corrected chi connectivity index (χ0v) is 12.2. The van der Waals surface area contributed by atoms with Crippen molar-refractivity contribution in [2.75, 3.05) is 5.32 Å². The molecule has 0 spiro atoms. The predicted molar refractivity (Wildman–Crippen MR) is 77.6 cm³/mol. The Balaban J connectivity index is 2.21. The highest BCUT2D eigenvalue weighted by Gasteiger charge is 2.26. The Bertz CT molecular complexity index is 508. The van der Waals surface area contributed by atoms with Crippen molar-refractivity contribution in [2.24, 2.45) is 11.7 Å². The van der Waals surface area contributed by atoms with E-state index in [2.05, 4.69) is 12.2 Å². The fraction of sp³-hybridized carbons (Fsp3) is 0.571. The maximum atomic E-state index is 12.0. The van der Waals surface area contributed by atoms with Crippen LogP contribution in [0.3, 0.4) is 0 Å². The second-order valence-corrected chi connectivity index (χ2v) is 6.21. The molecule has 2 rings (SSSR count). The lowest BCUT2D eigenvalue weighted by atomic mass is 10.1. The molecule has 4 nitrogen and oxygen atoms in total. The minimum absolute atomic E-state index is 0.0238. The zero-order chi connectivity index (χ0) is 14.0. The highest BCUT2D eigenvalue weighted by Crippen LogP contribution is 2.39. The third-order valence-electron chi connectivity index (χ3n) is 3.57. The van der Waals surface area contributed by atoms with Gasteiger partial charge >= 0.3 is 0 Å². The summed E-state index contributed by atoms with van der Waals surface area (Å²) in [6, 6.07) is 0. The summed E-state index contributed by atoms with van der Waals surface area (Å²) in [5.41, 5.74) is 7.05. The number of anilines is 1. The Labute approximate surface area is 117 Å². The van der Waals surface area contributed by atoms with E-state index in [1.165, 1.54) is 16.2 Å². The van der Waals surface area contributed by atoms with Crippen LogP contribution in [0.5, 0.6) is 0 Å². The average Bonchev–Trinajstić information content (AvgIpc) is 2.88. The molecule has 0 aliphatic heterocycles. The van der Waals surface area contributed by atoms with E-state index in [0.717, 1.165) is 37.7 Å². The molecular weight excluding hydrogens is 260 g/mol. The van der Waals surface area contributed by atoms with Crippen molar-refractivity contribution in [2.45, 2.75) is 46.0 Å². The van der Waals surface area contributed by atoms with E-state index in [0.29, 0.717) is 10.6 Å². The SMILES string of the molecule is CCCC(C)C(=O)Nc1sc2c(c1C(N)=O)CCC2. The number of carbonyl (C=O) groups is 2. The molecule has 0 fully saturated rings. The van der Waals surface area contributed by atoms with E-state index in [1.54, 1.807) is 0 Å². The molecule has 19 heavy (non-hydrogen) atoms. The summed E-state index contributed by atoms with van der Waals surface area (Å²) in [5, 5.41) is 3.53. The molecule has 0 saturated carbocycles. The molecule has 1 aromatic heterocycles. The Morgan fingerprint density at radius 2 is 2.16 bits per heavy atom. The summed E-state index contributed by atoms with van der Waals surface area (Å²) >= 11 is 1.51. The standard InChI is InChI=1S/C14H20N2O2S/c1-3-5-8(2)13(18)16-14-11(12(15)17)9-6-4-7-10(9)19-14/h8H,3-7H2,1-2H3,(H2,15,17)(H,16,18). The number of primary amides is 1. The Kier molecular flexibility index (Phi) is 4.24. The molecule has 104 valence electrons. The van der Waals surface area contributed by atoms with Crippen molar-refractivity contribution in [3.63, 3.8) is 0 Å². The number of nitrogens with one attached hydrogen (secondary N) is 1. The highest BCUT2D eigenvalue weighted by molar-refractivity contribution is 7.17. The molecule has 0 saturated heterocycles. The lowest BCUT2D eigenvalue weighted by Gasteiger charge is -2.11. The average molecular weight is 280 g/mol. The number of carbonyl (C=O) groups excluding carboxylic acids is 2. The molecule has 5 heteroatoms. The maximum Gasteiger partial charge on any atom is 0.251 e. The van der Waals surface area contributed by atoms with Gasteiger partial charge in [0.2, 0.25) is 5.91 Å². The van der Waals surface area contributed by atoms with E-state index >= 15 is 0 Å². The summed E-state index contributed by atoms with van der Waals surface area (Å²) in [6.45, 7) is 3.96. The minimum atomic E-state index is -0.433. The van der Waals surface area contributed by atoms with Crippen molar-refractivity contribution < 1.29 is 9.59 Å². The molecule has 0 aromatic carbocycles. The molecule has 2 amide bonds. The van der Waals surface area contributed by atoms with Crippen molar-refractivity contribution in [1.82, 2.24) is 0 Å². The normalized spacial score (nSPS) is 15.1. The van der Waals surface area contributed by atoms with Gasteiger partial charge in [-0.25, -0.2) is 0 Å². The van der Waals surface area contributed by atoms with Gasteiger partial charge < -0.3 is 11.1 Å².